The molecule has 0 radical (unpaired) electrons. The molecule has 0 bridgehead atoms. The number of halogens is 1. The lowest BCUT2D eigenvalue weighted by atomic mass is 10.1. The van der Waals surface area contributed by atoms with E-state index in [1.54, 1.807) is 24.3 Å². The van der Waals surface area contributed by atoms with E-state index in [9.17, 15) is 10.1 Å². The summed E-state index contributed by atoms with van der Waals surface area (Å²) in [6.45, 7) is 9.08. The van der Waals surface area contributed by atoms with Crippen LogP contribution >= 0.6 is 11.6 Å². The Labute approximate surface area is 111 Å². The monoisotopic (exact) mass is 266 g/mol. The van der Waals surface area contributed by atoms with Crippen LogP contribution < -0.4 is 0 Å². The van der Waals surface area contributed by atoms with Gasteiger partial charge in [-0.1, -0.05) is 23.8 Å². The maximum absolute atomic E-state index is 11.0. The number of benzene rings is 1. The highest BCUT2D eigenvalue weighted by molar-refractivity contribution is 6.30. The summed E-state index contributed by atoms with van der Waals surface area (Å²) in [6.07, 6.45) is 3.51. The molecule has 0 heterocycles. The van der Waals surface area contributed by atoms with Gasteiger partial charge in [-0.2, -0.15) is 0 Å². The van der Waals surface area contributed by atoms with E-state index in [2.05, 4.69) is 13.2 Å². The van der Waals surface area contributed by atoms with Crippen LogP contribution in [0.4, 0.5) is 5.69 Å². The summed E-state index contributed by atoms with van der Waals surface area (Å²) < 4.78 is 0. The van der Waals surface area contributed by atoms with E-state index < -0.39 is 4.92 Å². The maximum atomic E-state index is 11.0. The molecule has 18 heavy (non-hydrogen) atoms. The van der Waals surface area contributed by atoms with Crippen molar-refractivity contribution in [2.45, 2.75) is 6.54 Å². The fourth-order valence-electron chi connectivity index (χ4n) is 1.65. The highest BCUT2D eigenvalue weighted by atomic mass is 35.5. The standard InChI is InChI=1S/C13H15ClN2O2/c1-3-7-15(8-4-2)10-11-5-6-12(14)9-13(11)16(17)18/h3-6,9H,1-2,7-8,10H2. The zero-order valence-electron chi connectivity index (χ0n) is 10.0. The fraction of sp³-hybridized carbons (Fsp3) is 0.231. The Kier molecular flexibility index (Phi) is 5.55. The minimum absolute atomic E-state index is 0.0422. The van der Waals surface area contributed by atoms with E-state index in [4.69, 9.17) is 11.6 Å². The van der Waals surface area contributed by atoms with Crippen LogP contribution in [0.15, 0.2) is 43.5 Å². The van der Waals surface area contributed by atoms with E-state index in [-0.39, 0.29) is 5.69 Å². The first-order chi connectivity index (χ1) is 8.58. The van der Waals surface area contributed by atoms with Gasteiger partial charge in [-0.3, -0.25) is 15.0 Å². The molecule has 0 aliphatic heterocycles. The molecular formula is C13H15ClN2O2. The van der Waals surface area contributed by atoms with Crippen molar-refractivity contribution in [3.05, 3.63) is 64.2 Å². The molecule has 0 fully saturated rings. The van der Waals surface area contributed by atoms with Crippen molar-refractivity contribution in [1.82, 2.24) is 4.90 Å². The molecule has 0 aliphatic rings. The molecule has 1 aromatic rings. The van der Waals surface area contributed by atoms with Gasteiger partial charge in [-0.25, -0.2) is 0 Å². The van der Waals surface area contributed by atoms with Crippen LogP contribution in [0.25, 0.3) is 0 Å². The van der Waals surface area contributed by atoms with Crippen molar-refractivity contribution >= 4 is 17.3 Å². The quantitative estimate of drug-likeness (QED) is 0.432. The maximum Gasteiger partial charge on any atom is 0.275 e. The first-order valence-electron chi connectivity index (χ1n) is 5.45. The van der Waals surface area contributed by atoms with Crippen LogP contribution in [0.1, 0.15) is 5.56 Å². The van der Waals surface area contributed by atoms with Gasteiger partial charge in [0.2, 0.25) is 0 Å². The predicted molar refractivity (Wildman–Crippen MR) is 73.8 cm³/mol. The predicted octanol–water partition coefficient (Wildman–Crippen LogP) is 3.42. The lowest BCUT2D eigenvalue weighted by Crippen LogP contribution is -2.23. The lowest BCUT2D eigenvalue weighted by molar-refractivity contribution is -0.385. The second kappa shape index (κ2) is 6.93. The molecule has 0 amide bonds. The van der Waals surface area contributed by atoms with Gasteiger partial charge in [0.1, 0.15) is 0 Å². The van der Waals surface area contributed by atoms with Crippen LogP contribution in [0, 0.1) is 10.1 Å². The van der Waals surface area contributed by atoms with Gasteiger partial charge in [0.25, 0.3) is 5.69 Å². The zero-order valence-corrected chi connectivity index (χ0v) is 10.8. The van der Waals surface area contributed by atoms with Crippen LogP contribution in [0.5, 0.6) is 0 Å². The highest BCUT2D eigenvalue weighted by Gasteiger charge is 2.16. The molecule has 1 rings (SSSR count). The zero-order chi connectivity index (χ0) is 13.5. The van der Waals surface area contributed by atoms with Gasteiger partial charge in [-0.05, 0) is 12.1 Å². The molecule has 0 aromatic heterocycles. The third-order valence-electron chi connectivity index (χ3n) is 2.41. The Hall–Kier alpha value is -1.65. The van der Waals surface area contributed by atoms with Gasteiger partial charge in [0.15, 0.2) is 0 Å². The van der Waals surface area contributed by atoms with Crippen LogP contribution in [0.2, 0.25) is 5.02 Å². The van der Waals surface area contributed by atoms with Crippen molar-refractivity contribution < 1.29 is 4.92 Å². The number of rotatable bonds is 7. The average Bonchev–Trinajstić information content (AvgIpc) is 2.32. The fourth-order valence-corrected chi connectivity index (χ4v) is 1.82. The third-order valence-corrected chi connectivity index (χ3v) is 2.65. The largest absolute Gasteiger partial charge is 0.292 e. The van der Waals surface area contributed by atoms with Gasteiger partial charge in [0, 0.05) is 36.3 Å². The molecule has 0 unspecified atom stereocenters. The van der Waals surface area contributed by atoms with Crippen LogP contribution in [-0.4, -0.2) is 22.9 Å². The van der Waals surface area contributed by atoms with Crippen molar-refractivity contribution in [3.8, 4) is 0 Å². The molecule has 4 nitrogen and oxygen atoms in total. The molecule has 0 spiro atoms. The highest BCUT2D eigenvalue weighted by Crippen LogP contribution is 2.24. The molecule has 96 valence electrons. The van der Waals surface area contributed by atoms with Crippen LogP contribution in [-0.2, 0) is 6.54 Å². The molecule has 0 saturated heterocycles. The SMILES string of the molecule is C=CCN(CC=C)Cc1ccc(Cl)cc1[N+](=O)[O-]. The van der Waals surface area contributed by atoms with E-state index in [1.807, 2.05) is 4.90 Å². The number of nitrogens with zero attached hydrogens (tertiary/aromatic N) is 2. The summed E-state index contributed by atoms with van der Waals surface area (Å²) in [5.41, 5.74) is 0.675. The van der Waals surface area contributed by atoms with E-state index >= 15 is 0 Å². The summed E-state index contributed by atoms with van der Waals surface area (Å²) in [4.78, 5) is 12.5. The Morgan fingerprint density at radius 3 is 2.44 bits per heavy atom. The summed E-state index contributed by atoms with van der Waals surface area (Å²) >= 11 is 5.77. The Morgan fingerprint density at radius 1 is 1.33 bits per heavy atom. The summed E-state index contributed by atoms with van der Waals surface area (Å²) in [6, 6.07) is 4.71. The van der Waals surface area contributed by atoms with Crippen molar-refractivity contribution in [3.63, 3.8) is 0 Å². The molecule has 0 N–H and O–H groups in total. The van der Waals surface area contributed by atoms with E-state index in [1.165, 1.54) is 6.07 Å². The van der Waals surface area contributed by atoms with E-state index in [0.29, 0.717) is 30.2 Å². The topological polar surface area (TPSA) is 46.4 Å². The van der Waals surface area contributed by atoms with Gasteiger partial charge < -0.3 is 0 Å². The molecule has 1 aromatic carbocycles. The first-order valence-corrected chi connectivity index (χ1v) is 5.83. The number of hydrogen-bond acceptors (Lipinski definition) is 3. The Bertz CT molecular complexity index is 450. The number of hydrogen-bond donors (Lipinski definition) is 0. The average molecular weight is 267 g/mol. The first kappa shape index (κ1) is 14.4. The molecule has 0 atom stereocenters. The Morgan fingerprint density at radius 2 is 1.94 bits per heavy atom. The minimum atomic E-state index is -0.415. The van der Waals surface area contributed by atoms with E-state index in [0.717, 1.165) is 0 Å². The van der Waals surface area contributed by atoms with Gasteiger partial charge >= 0.3 is 0 Å². The van der Waals surface area contributed by atoms with Crippen LogP contribution in [0.3, 0.4) is 0 Å². The summed E-state index contributed by atoms with van der Waals surface area (Å²) in [7, 11) is 0. The normalized spacial score (nSPS) is 10.3. The molecular weight excluding hydrogens is 252 g/mol. The van der Waals surface area contributed by atoms with Crippen molar-refractivity contribution in [2.24, 2.45) is 0 Å². The number of nitro groups is 1. The molecule has 0 saturated carbocycles. The summed E-state index contributed by atoms with van der Waals surface area (Å²) in [5, 5.41) is 11.3. The lowest BCUT2D eigenvalue weighted by Gasteiger charge is -2.18. The second-order valence-corrected chi connectivity index (χ2v) is 4.24. The van der Waals surface area contributed by atoms with Crippen molar-refractivity contribution in [1.29, 1.82) is 0 Å². The smallest absolute Gasteiger partial charge is 0.275 e. The second-order valence-electron chi connectivity index (χ2n) is 3.80. The third kappa shape index (κ3) is 3.98. The molecule has 5 heteroatoms. The molecule has 0 aliphatic carbocycles. The summed E-state index contributed by atoms with van der Waals surface area (Å²) in [5.74, 6) is 0. The minimum Gasteiger partial charge on any atom is -0.292 e. The number of nitro benzene ring substituents is 1. The van der Waals surface area contributed by atoms with Crippen molar-refractivity contribution in [2.75, 3.05) is 13.1 Å². The van der Waals surface area contributed by atoms with Gasteiger partial charge in [-0.15, -0.1) is 13.2 Å². The Balaban J connectivity index is 2.97. The van der Waals surface area contributed by atoms with Gasteiger partial charge in [0.05, 0.1) is 4.92 Å².